The molecule has 174 valence electrons. The molecule has 0 spiro atoms. The van der Waals surface area contributed by atoms with Crippen molar-refractivity contribution in [3.8, 4) is 0 Å². The number of imidazole rings is 1. The van der Waals surface area contributed by atoms with Crippen LogP contribution < -0.4 is 10.2 Å². The summed E-state index contributed by atoms with van der Waals surface area (Å²) in [6, 6.07) is 11.7. The van der Waals surface area contributed by atoms with Crippen LogP contribution in [0.1, 0.15) is 64.0 Å². The van der Waals surface area contributed by atoms with Crippen molar-refractivity contribution in [3.05, 3.63) is 57.2 Å². The van der Waals surface area contributed by atoms with Crippen LogP contribution in [-0.2, 0) is 0 Å². The van der Waals surface area contributed by atoms with E-state index in [1.807, 2.05) is 38.1 Å². The summed E-state index contributed by atoms with van der Waals surface area (Å²) in [4.78, 5) is 27.5. The van der Waals surface area contributed by atoms with E-state index < -0.39 is 0 Å². The number of anilines is 1. The molecular formula is C25H29Br2N5O. The van der Waals surface area contributed by atoms with Gasteiger partial charge in [-0.05, 0) is 54.8 Å². The van der Waals surface area contributed by atoms with Crippen LogP contribution in [-0.4, -0.2) is 27.9 Å². The standard InChI is InChI=1S/C23H23Br2N5O.C2H6/c24-15-9-14(10-16(25)11-15)21-22(28-17-5-3-1-2-4-6-17)29-23(31)30(21)18-7-8-19-20(12-18)27-13-26-19;1-2/h7-13,17,21H,1-6H2,(H,26,27)(H,28,29,31);1-2H3. The summed E-state index contributed by atoms with van der Waals surface area (Å²) in [6.07, 6.45) is 8.76. The highest BCUT2D eigenvalue weighted by Crippen LogP contribution is 2.36. The number of hydrogen-bond donors (Lipinski definition) is 2. The molecule has 1 saturated carbocycles. The third-order valence-electron chi connectivity index (χ3n) is 6.00. The minimum atomic E-state index is -0.315. The van der Waals surface area contributed by atoms with Crippen molar-refractivity contribution in [1.29, 1.82) is 0 Å². The van der Waals surface area contributed by atoms with Gasteiger partial charge >= 0.3 is 6.03 Å². The van der Waals surface area contributed by atoms with Gasteiger partial charge < -0.3 is 4.98 Å². The van der Waals surface area contributed by atoms with Crippen molar-refractivity contribution in [1.82, 2.24) is 15.3 Å². The van der Waals surface area contributed by atoms with Crippen LogP contribution in [0.3, 0.4) is 0 Å². The molecule has 2 fully saturated rings. The van der Waals surface area contributed by atoms with Crippen molar-refractivity contribution in [2.75, 3.05) is 4.90 Å². The SMILES string of the molecule is CC.O=C1NC(=NC2CCCCCC2)C(c2cc(Br)cc(Br)c2)N1c1ccc2nc[nH]c2c1. The van der Waals surface area contributed by atoms with Gasteiger partial charge in [0, 0.05) is 14.6 Å². The maximum atomic E-state index is 13.2. The van der Waals surface area contributed by atoms with Crippen LogP contribution in [0.15, 0.2) is 56.7 Å². The van der Waals surface area contributed by atoms with Crippen molar-refractivity contribution in [2.24, 2.45) is 4.99 Å². The van der Waals surface area contributed by atoms with E-state index in [9.17, 15) is 4.79 Å². The minimum Gasteiger partial charge on any atom is -0.345 e. The molecule has 1 saturated heterocycles. The van der Waals surface area contributed by atoms with E-state index in [1.54, 1.807) is 11.2 Å². The van der Waals surface area contributed by atoms with Gasteiger partial charge in [-0.3, -0.25) is 15.2 Å². The van der Waals surface area contributed by atoms with Crippen LogP contribution in [0.5, 0.6) is 0 Å². The number of fused-ring (bicyclic) bond motifs is 1. The van der Waals surface area contributed by atoms with Gasteiger partial charge in [0.05, 0.1) is 23.4 Å². The number of rotatable bonds is 3. The zero-order valence-corrected chi connectivity index (χ0v) is 22.1. The highest BCUT2D eigenvalue weighted by Gasteiger charge is 2.39. The summed E-state index contributed by atoms with van der Waals surface area (Å²) in [5.74, 6) is 0.728. The van der Waals surface area contributed by atoms with Crippen molar-refractivity contribution in [2.45, 2.75) is 64.5 Å². The Kier molecular flexibility index (Phi) is 7.86. The number of halogens is 2. The smallest absolute Gasteiger partial charge is 0.328 e. The zero-order chi connectivity index (χ0) is 23.4. The second kappa shape index (κ2) is 10.8. The molecule has 6 nitrogen and oxygen atoms in total. The number of amides is 2. The Morgan fingerprint density at radius 1 is 1.00 bits per heavy atom. The molecule has 1 aliphatic carbocycles. The first kappa shape index (κ1) is 24.0. The van der Waals surface area contributed by atoms with Gasteiger partial charge in [-0.2, -0.15) is 0 Å². The summed E-state index contributed by atoms with van der Waals surface area (Å²) in [5, 5.41) is 3.08. The molecule has 1 unspecified atom stereocenters. The normalized spacial score (nSPS) is 20.5. The van der Waals surface area contributed by atoms with Crippen molar-refractivity contribution in [3.63, 3.8) is 0 Å². The first-order valence-electron chi connectivity index (χ1n) is 11.7. The zero-order valence-electron chi connectivity index (χ0n) is 18.9. The number of carbonyl (C=O) groups is 1. The molecule has 1 aromatic heterocycles. The summed E-state index contributed by atoms with van der Waals surface area (Å²) in [6.45, 7) is 4.00. The third kappa shape index (κ3) is 5.32. The maximum Gasteiger partial charge on any atom is 0.328 e. The molecular weight excluding hydrogens is 546 g/mol. The van der Waals surface area contributed by atoms with E-state index in [2.05, 4.69) is 59.3 Å². The summed E-state index contributed by atoms with van der Waals surface area (Å²) in [5.41, 5.74) is 3.57. The maximum absolute atomic E-state index is 13.2. The lowest BCUT2D eigenvalue weighted by atomic mass is 10.0. The Balaban J connectivity index is 0.00000126. The number of urea groups is 1. The van der Waals surface area contributed by atoms with E-state index in [1.165, 1.54) is 25.7 Å². The van der Waals surface area contributed by atoms with E-state index in [4.69, 9.17) is 4.99 Å². The number of aromatic amines is 1. The topological polar surface area (TPSA) is 73.4 Å². The lowest BCUT2D eigenvalue weighted by molar-refractivity contribution is 0.252. The number of aliphatic imine (C=N–C) groups is 1. The lowest BCUT2D eigenvalue weighted by Gasteiger charge is -2.24. The quantitative estimate of drug-likeness (QED) is 0.318. The Morgan fingerprint density at radius 2 is 1.70 bits per heavy atom. The lowest BCUT2D eigenvalue weighted by Crippen LogP contribution is -2.29. The highest BCUT2D eigenvalue weighted by molar-refractivity contribution is 9.11. The third-order valence-corrected chi connectivity index (χ3v) is 6.92. The molecule has 2 N–H and O–H groups in total. The number of benzene rings is 2. The number of amidine groups is 1. The van der Waals surface area contributed by atoms with Gasteiger partial charge in [0.15, 0.2) is 0 Å². The average Bonchev–Trinajstić information content (AvgIpc) is 3.29. The van der Waals surface area contributed by atoms with Crippen LogP contribution in [0, 0.1) is 0 Å². The first-order chi connectivity index (χ1) is 16.1. The molecule has 2 amide bonds. The molecule has 2 heterocycles. The number of carbonyl (C=O) groups excluding carboxylic acids is 1. The molecule has 33 heavy (non-hydrogen) atoms. The Morgan fingerprint density at radius 3 is 2.39 bits per heavy atom. The molecule has 1 atom stereocenters. The highest BCUT2D eigenvalue weighted by atomic mass is 79.9. The second-order valence-electron chi connectivity index (χ2n) is 8.17. The van der Waals surface area contributed by atoms with E-state index in [0.29, 0.717) is 0 Å². The van der Waals surface area contributed by atoms with Crippen LogP contribution in [0.2, 0.25) is 0 Å². The van der Waals surface area contributed by atoms with Gasteiger partial charge in [0.25, 0.3) is 0 Å². The molecule has 1 aliphatic heterocycles. The van der Waals surface area contributed by atoms with Crippen LogP contribution in [0.25, 0.3) is 11.0 Å². The number of aromatic nitrogens is 2. The van der Waals surface area contributed by atoms with Gasteiger partial charge in [-0.1, -0.05) is 71.4 Å². The van der Waals surface area contributed by atoms with Gasteiger partial charge in [-0.15, -0.1) is 0 Å². The Labute approximate surface area is 211 Å². The number of hydrogen-bond acceptors (Lipinski definition) is 3. The Bertz CT molecular complexity index is 1130. The minimum absolute atomic E-state index is 0.160. The average molecular weight is 575 g/mol. The molecule has 3 aromatic rings. The van der Waals surface area contributed by atoms with Crippen LogP contribution in [0.4, 0.5) is 10.5 Å². The molecule has 8 heteroatoms. The molecule has 0 radical (unpaired) electrons. The largest absolute Gasteiger partial charge is 0.345 e. The fraction of sp³-hybridized carbons (Fsp3) is 0.400. The Hall–Kier alpha value is -2.19. The first-order valence-corrected chi connectivity index (χ1v) is 13.2. The predicted octanol–water partition coefficient (Wildman–Crippen LogP) is 7.51. The molecule has 2 aromatic carbocycles. The summed E-state index contributed by atoms with van der Waals surface area (Å²) < 4.78 is 1.91. The second-order valence-corrected chi connectivity index (χ2v) is 10.0. The number of nitrogens with zero attached hydrogens (tertiary/aromatic N) is 3. The number of nitrogens with one attached hydrogen (secondary N) is 2. The van der Waals surface area contributed by atoms with Crippen LogP contribution >= 0.6 is 31.9 Å². The van der Waals surface area contributed by atoms with Gasteiger partial charge in [-0.25, -0.2) is 9.78 Å². The fourth-order valence-corrected chi connectivity index (χ4v) is 5.87. The van der Waals surface area contributed by atoms with Gasteiger partial charge in [0.1, 0.15) is 11.9 Å². The summed E-state index contributed by atoms with van der Waals surface area (Å²) >= 11 is 7.20. The predicted molar refractivity (Wildman–Crippen MR) is 142 cm³/mol. The van der Waals surface area contributed by atoms with E-state index in [0.717, 1.165) is 49.9 Å². The summed E-state index contributed by atoms with van der Waals surface area (Å²) in [7, 11) is 0. The molecule has 0 bridgehead atoms. The monoisotopic (exact) mass is 573 g/mol. The molecule has 5 rings (SSSR count). The van der Waals surface area contributed by atoms with Gasteiger partial charge in [0.2, 0.25) is 0 Å². The van der Waals surface area contributed by atoms with Crippen molar-refractivity contribution >= 4 is 60.4 Å². The number of H-pyrrole nitrogens is 1. The fourth-order valence-electron chi connectivity index (χ4n) is 4.54. The van der Waals surface area contributed by atoms with E-state index in [-0.39, 0.29) is 18.1 Å². The molecule has 2 aliphatic rings. The van der Waals surface area contributed by atoms with E-state index >= 15 is 0 Å². The van der Waals surface area contributed by atoms with Crippen molar-refractivity contribution < 1.29 is 4.79 Å².